The predicted octanol–water partition coefficient (Wildman–Crippen LogP) is 0.467. The fourth-order valence-electron chi connectivity index (χ4n) is 3.27. The zero-order chi connectivity index (χ0) is 16.6. The van der Waals surface area contributed by atoms with E-state index in [0.29, 0.717) is 26.2 Å². The first kappa shape index (κ1) is 16.1. The van der Waals surface area contributed by atoms with Gasteiger partial charge in [-0.15, -0.1) is 0 Å². The Labute approximate surface area is 132 Å². The number of amides is 1. The van der Waals surface area contributed by atoms with E-state index in [1.165, 1.54) is 0 Å². The quantitative estimate of drug-likeness (QED) is 0.856. The summed E-state index contributed by atoms with van der Waals surface area (Å²) in [5, 5.41) is 6.80. The SMILES string of the molecule is Cn1cc(N2CCN(C(=O)[C@@H]3CNC[C@H]3C(F)(F)F)CC2)cn1. The fraction of sp³-hybridized carbons (Fsp3) is 0.714. The highest BCUT2D eigenvalue weighted by Crippen LogP contribution is 2.35. The standard InChI is InChI=1S/C14H20F3N5O/c1-20-9-10(6-19-20)21-2-4-22(5-3-21)13(23)11-7-18-8-12(11)14(15,16)17/h6,9,11-12,18H,2-5,7-8H2,1H3/t11-,12-/m1/s1. The van der Waals surface area contributed by atoms with Crippen molar-refractivity contribution in [3.63, 3.8) is 0 Å². The van der Waals surface area contributed by atoms with Crippen LogP contribution in [0.5, 0.6) is 0 Å². The molecule has 0 spiro atoms. The van der Waals surface area contributed by atoms with Gasteiger partial charge in [0, 0.05) is 52.5 Å². The van der Waals surface area contributed by atoms with Gasteiger partial charge in [0.05, 0.1) is 23.7 Å². The van der Waals surface area contributed by atoms with Gasteiger partial charge in [-0.2, -0.15) is 18.3 Å². The molecule has 3 rings (SSSR count). The zero-order valence-electron chi connectivity index (χ0n) is 12.9. The number of halogens is 3. The van der Waals surface area contributed by atoms with E-state index in [9.17, 15) is 18.0 Å². The van der Waals surface area contributed by atoms with Gasteiger partial charge in [0.1, 0.15) is 0 Å². The van der Waals surface area contributed by atoms with Crippen LogP contribution in [0.2, 0.25) is 0 Å². The number of hydrogen-bond acceptors (Lipinski definition) is 4. The molecule has 0 unspecified atom stereocenters. The molecule has 2 atom stereocenters. The maximum atomic E-state index is 13.0. The van der Waals surface area contributed by atoms with Gasteiger partial charge in [-0.25, -0.2) is 0 Å². The van der Waals surface area contributed by atoms with Gasteiger partial charge >= 0.3 is 6.18 Å². The van der Waals surface area contributed by atoms with Crippen molar-refractivity contribution in [2.24, 2.45) is 18.9 Å². The van der Waals surface area contributed by atoms with Gasteiger partial charge in [-0.1, -0.05) is 0 Å². The largest absolute Gasteiger partial charge is 0.393 e. The van der Waals surface area contributed by atoms with Crippen LogP contribution in [0.25, 0.3) is 0 Å². The summed E-state index contributed by atoms with van der Waals surface area (Å²) < 4.78 is 40.7. The third kappa shape index (κ3) is 3.29. The first-order chi connectivity index (χ1) is 10.9. The normalized spacial score (nSPS) is 25.9. The summed E-state index contributed by atoms with van der Waals surface area (Å²) in [7, 11) is 1.83. The molecule has 1 amide bonds. The van der Waals surface area contributed by atoms with Crippen molar-refractivity contribution in [1.82, 2.24) is 20.0 Å². The molecular formula is C14H20F3N5O. The molecule has 0 saturated carbocycles. The van der Waals surface area contributed by atoms with E-state index in [2.05, 4.69) is 15.3 Å². The van der Waals surface area contributed by atoms with Crippen LogP contribution in [-0.4, -0.2) is 66.0 Å². The Morgan fingerprint density at radius 1 is 1.26 bits per heavy atom. The molecule has 2 aliphatic rings. The summed E-state index contributed by atoms with van der Waals surface area (Å²) in [6, 6.07) is 0. The third-order valence-corrected chi connectivity index (χ3v) is 4.60. The van der Waals surface area contributed by atoms with E-state index in [1.54, 1.807) is 15.8 Å². The number of rotatable bonds is 2. The van der Waals surface area contributed by atoms with Crippen LogP contribution in [0.15, 0.2) is 12.4 Å². The topological polar surface area (TPSA) is 53.4 Å². The number of piperazine rings is 1. The first-order valence-corrected chi connectivity index (χ1v) is 7.66. The van der Waals surface area contributed by atoms with Crippen LogP contribution in [0.4, 0.5) is 18.9 Å². The van der Waals surface area contributed by atoms with Gasteiger partial charge in [-0.05, 0) is 0 Å². The van der Waals surface area contributed by atoms with E-state index in [4.69, 9.17) is 0 Å². The summed E-state index contributed by atoms with van der Waals surface area (Å²) in [6.07, 6.45) is -0.697. The second kappa shape index (κ2) is 6.03. The van der Waals surface area contributed by atoms with E-state index >= 15 is 0 Å². The van der Waals surface area contributed by atoms with Crippen molar-refractivity contribution in [3.05, 3.63) is 12.4 Å². The minimum absolute atomic E-state index is 0.103. The minimum Gasteiger partial charge on any atom is -0.365 e. The number of alkyl halides is 3. The van der Waals surface area contributed by atoms with Crippen molar-refractivity contribution in [2.45, 2.75) is 6.18 Å². The van der Waals surface area contributed by atoms with Crippen LogP contribution < -0.4 is 10.2 Å². The molecule has 3 heterocycles. The molecule has 128 valence electrons. The number of aromatic nitrogens is 2. The molecule has 2 fully saturated rings. The van der Waals surface area contributed by atoms with Gasteiger partial charge in [0.15, 0.2) is 0 Å². The number of hydrogen-bond donors (Lipinski definition) is 1. The van der Waals surface area contributed by atoms with Crippen molar-refractivity contribution >= 4 is 11.6 Å². The Balaban J connectivity index is 1.60. The smallest absolute Gasteiger partial charge is 0.365 e. The Kier molecular flexibility index (Phi) is 4.22. The molecule has 1 aromatic rings. The molecule has 23 heavy (non-hydrogen) atoms. The molecular weight excluding hydrogens is 311 g/mol. The number of carbonyl (C=O) groups is 1. The molecule has 1 aromatic heterocycles. The number of nitrogens with zero attached hydrogens (tertiary/aromatic N) is 4. The molecule has 1 N–H and O–H groups in total. The Morgan fingerprint density at radius 2 is 1.96 bits per heavy atom. The van der Waals surface area contributed by atoms with E-state index in [-0.39, 0.29) is 19.0 Å². The molecule has 0 aromatic carbocycles. The summed E-state index contributed by atoms with van der Waals surface area (Å²) in [5.74, 6) is -2.96. The molecule has 0 radical (unpaired) electrons. The van der Waals surface area contributed by atoms with Gasteiger partial charge in [0.25, 0.3) is 0 Å². The minimum atomic E-state index is -4.33. The van der Waals surface area contributed by atoms with Crippen LogP contribution in [0, 0.1) is 11.8 Å². The number of anilines is 1. The van der Waals surface area contributed by atoms with Crippen LogP contribution >= 0.6 is 0 Å². The second-order valence-corrected chi connectivity index (χ2v) is 6.10. The highest BCUT2D eigenvalue weighted by atomic mass is 19.4. The van der Waals surface area contributed by atoms with Gasteiger partial charge < -0.3 is 15.1 Å². The monoisotopic (exact) mass is 331 g/mol. The van der Waals surface area contributed by atoms with E-state index < -0.39 is 18.0 Å². The van der Waals surface area contributed by atoms with Crippen molar-refractivity contribution in [1.29, 1.82) is 0 Å². The molecule has 6 nitrogen and oxygen atoms in total. The van der Waals surface area contributed by atoms with Crippen molar-refractivity contribution < 1.29 is 18.0 Å². The summed E-state index contributed by atoms with van der Waals surface area (Å²) in [5.41, 5.74) is 0.968. The molecule has 2 saturated heterocycles. The van der Waals surface area contributed by atoms with Gasteiger partial charge in [0.2, 0.25) is 5.91 Å². The highest BCUT2D eigenvalue weighted by molar-refractivity contribution is 5.80. The van der Waals surface area contributed by atoms with Crippen LogP contribution in [-0.2, 0) is 11.8 Å². The lowest BCUT2D eigenvalue weighted by Crippen LogP contribution is -2.52. The maximum absolute atomic E-state index is 13.0. The Hall–Kier alpha value is -1.77. The first-order valence-electron chi connectivity index (χ1n) is 7.66. The average Bonchev–Trinajstić information content (AvgIpc) is 3.15. The number of carbonyl (C=O) groups excluding carboxylic acids is 1. The summed E-state index contributed by atoms with van der Waals surface area (Å²) in [4.78, 5) is 16.1. The van der Waals surface area contributed by atoms with E-state index in [0.717, 1.165) is 5.69 Å². The van der Waals surface area contributed by atoms with Gasteiger partial charge in [-0.3, -0.25) is 9.48 Å². The van der Waals surface area contributed by atoms with Crippen LogP contribution in [0.1, 0.15) is 0 Å². The number of aryl methyl sites for hydroxylation is 1. The lowest BCUT2D eigenvalue weighted by molar-refractivity contribution is -0.185. The maximum Gasteiger partial charge on any atom is 0.393 e. The second-order valence-electron chi connectivity index (χ2n) is 6.10. The highest BCUT2D eigenvalue weighted by Gasteiger charge is 2.50. The lowest BCUT2D eigenvalue weighted by atomic mass is 9.93. The van der Waals surface area contributed by atoms with E-state index in [1.807, 2.05) is 13.2 Å². The van der Waals surface area contributed by atoms with Crippen molar-refractivity contribution in [3.8, 4) is 0 Å². The average molecular weight is 331 g/mol. The summed E-state index contributed by atoms with van der Waals surface area (Å²) >= 11 is 0. The molecule has 0 aliphatic carbocycles. The van der Waals surface area contributed by atoms with Crippen LogP contribution in [0.3, 0.4) is 0 Å². The Bertz CT molecular complexity index is 565. The summed E-state index contributed by atoms with van der Waals surface area (Å²) in [6.45, 7) is 2.02. The number of nitrogens with one attached hydrogen (secondary N) is 1. The zero-order valence-corrected chi connectivity index (χ0v) is 12.9. The lowest BCUT2D eigenvalue weighted by Gasteiger charge is -2.37. The Morgan fingerprint density at radius 3 is 2.52 bits per heavy atom. The molecule has 0 bridgehead atoms. The molecule has 2 aliphatic heterocycles. The van der Waals surface area contributed by atoms with Crippen molar-refractivity contribution in [2.75, 3.05) is 44.2 Å². The molecule has 9 heteroatoms. The predicted molar refractivity (Wildman–Crippen MR) is 77.9 cm³/mol. The third-order valence-electron chi connectivity index (χ3n) is 4.60. The fourth-order valence-corrected chi connectivity index (χ4v) is 3.27.